The summed E-state index contributed by atoms with van der Waals surface area (Å²) in [5.74, 6) is 0.245. The molecule has 126 valence electrons. The summed E-state index contributed by atoms with van der Waals surface area (Å²) in [5, 5.41) is 6.25. The predicted octanol–water partition coefficient (Wildman–Crippen LogP) is 3.64. The number of hydrogen-bond acceptors (Lipinski definition) is 3. The molecule has 0 fully saturated rings. The fourth-order valence-corrected chi connectivity index (χ4v) is 2.83. The molecule has 2 N–H and O–H groups in total. The van der Waals surface area contributed by atoms with Gasteiger partial charge in [0.05, 0.1) is 11.5 Å². The summed E-state index contributed by atoms with van der Waals surface area (Å²) >= 11 is 7.17. The Morgan fingerprint density at radius 3 is 2.46 bits per heavy atom. The van der Waals surface area contributed by atoms with Crippen LogP contribution in [0.5, 0.6) is 0 Å². The van der Waals surface area contributed by atoms with Crippen molar-refractivity contribution >= 4 is 40.9 Å². The molecule has 0 saturated heterocycles. The van der Waals surface area contributed by atoms with E-state index in [4.69, 9.17) is 11.6 Å². The molecular formula is C18H19ClN2O2S. The van der Waals surface area contributed by atoms with Gasteiger partial charge in [0.25, 0.3) is 0 Å². The molecule has 0 unspecified atom stereocenters. The number of rotatable bonds is 7. The summed E-state index contributed by atoms with van der Waals surface area (Å²) in [6.45, 7) is 2.42. The first-order chi connectivity index (χ1) is 11.5. The number of thioether (sulfide) groups is 1. The van der Waals surface area contributed by atoms with Gasteiger partial charge in [-0.2, -0.15) is 0 Å². The first kappa shape index (κ1) is 18.4. The van der Waals surface area contributed by atoms with E-state index in [0.717, 1.165) is 16.8 Å². The van der Waals surface area contributed by atoms with E-state index in [1.807, 2.05) is 49.4 Å². The number of carbonyl (C=O) groups is 2. The van der Waals surface area contributed by atoms with E-state index in [9.17, 15) is 9.59 Å². The highest BCUT2D eigenvalue weighted by Gasteiger charge is 2.06. The molecule has 0 radical (unpaired) electrons. The Morgan fingerprint density at radius 2 is 1.75 bits per heavy atom. The molecule has 0 aliphatic carbocycles. The molecule has 2 aromatic rings. The Labute approximate surface area is 151 Å². The molecule has 2 aromatic carbocycles. The molecule has 0 spiro atoms. The van der Waals surface area contributed by atoms with Gasteiger partial charge in [-0.15, -0.1) is 11.8 Å². The van der Waals surface area contributed by atoms with Crippen LogP contribution in [-0.4, -0.2) is 23.3 Å². The Kier molecular flexibility index (Phi) is 7.15. The maximum Gasteiger partial charge on any atom is 0.234 e. The van der Waals surface area contributed by atoms with Crippen LogP contribution >= 0.6 is 23.4 Å². The molecule has 0 aliphatic rings. The summed E-state index contributed by atoms with van der Waals surface area (Å²) in [4.78, 5) is 23.6. The zero-order chi connectivity index (χ0) is 17.4. The Hall–Kier alpha value is -1.98. The van der Waals surface area contributed by atoms with Crippen molar-refractivity contribution in [1.29, 1.82) is 0 Å². The van der Waals surface area contributed by atoms with Crippen LogP contribution in [0.3, 0.4) is 0 Å². The fraction of sp³-hybridized carbons (Fsp3) is 0.222. The van der Waals surface area contributed by atoms with E-state index in [-0.39, 0.29) is 23.3 Å². The molecule has 24 heavy (non-hydrogen) atoms. The third-order valence-electron chi connectivity index (χ3n) is 3.18. The second-order valence-electron chi connectivity index (χ2n) is 5.31. The van der Waals surface area contributed by atoms with Crippen molar-refractivity contribution in [2.45, 2.75) is 13.5 Å². The zero-order valence-corrected chi connectivity index (χ0v) is 14.9. The molecule has 2 amide bonds. The number of carbonyl (C=O) groups excluding carboxylic acids is 2. The van der Waals surface area contributed by atoms with E-state index in [1.54, 1.807) is 6.07 Å². The summed E-state index contributed by atoms with van der Waals surface area (Å²) in [5.41, 5.74) is 2.84. The topological polar surface area (TPSA) is 58.2 Å². The monoisotopic (exact) mass is 362 g/mol. The lowest BCUT2D eigenvalue weighted by atomic mass is 10.2. The Morgan fingerprint density at radius 1 is 1.04 bits per heavy atom. The van der Waals surface area contributed by atoms with E-state index in [1.165, 1.54) is 11.8 Å². The number of halogens is 1. The number of hydrogen-bond donors (Lipinski definition) is 2. The van der Waals surface area contributed by atoms with Crippen molar-refractivity contribution in [3.63, 3.8) is 0 Å². The number of aryl methyl sites for hydroxylation is 1. The highest BCUT2D eigenvalue weighted by Crippen LogP contribution is 2.11. The Balaban J connectivity index is 1.65. The van der Waals surface area contributed by atoms with Gasteiger partial charge in [0.15, 0.2) is 0 Å². The Bertz CT molecular complexity index is 704. The molecular weight excluding hydrogens is 344 g/mol. The van der Waals surface area contributed by atoms with E-state index < -0.39 is 0 Å². The quantitative estimate of drug-likeness (QED) is 0.790. The smallest absolute Gasteiger partial charge is 0.234 e. The van der Waals surface area contributed by atoms with Crippen LogP contribution in [0.2, 0.25) is 5.02 Å². The van der Waals surface area contributed by atoms with Gasteiger partial charge in [-0.25, -0.2) is 0 Å². The van der Waals surface area contributed by atoms with Crippen molar-refractivity contribution in [3.05, 3.63) is 64.7 Å². The highest BCUT2D eigenvalue weighted by atomic mass is 35.5. The van der Waals surface area contributed by atoms with Crippen LogP contribution in [0.1, 0.15) is 11.1 Å². The summed E-state index contributed by atoms with van der Waals surface area (Å²) in [7, 11) is 0. The lowest BCUT2D eigenvalue weighted by molar-refractivity contribution is -0.118. The maximum atomic E-state index is 11.8. The van der Waals surface area contributed by atoms with Gasteiger partial charge in [0.1, 0.15) is 0 Å². The van der Waals surface area contributed by atoms with Crippen molar-refractivity contribution in [2.75, 3.05) is 16.8 Å². The average molecular weight is 363 g/mol. The second kappa shape index (κ2) is 9.35. The van der Waals surface area contributed by atoms with Gasteiger partial charge < -0.3 is 10.6 Å². The highest BCUT2D eigenvalue weighted by molar-refractivity contribution is 8.00. The van der Waals surface area contributed by atoms with Crippen molar-refractivity contribution in [1.82, 2.24) is 5.32 Å². The standard InChI is InChI=1S/C18H19ClN2O2S/c1-13-5-7-16(8-6-13)21-18(23)12-24-11-17(22)20-10-14-3-2-4-15(19)9-14/h2-9H,10-12H2,1H3,(H,20,22)(H,21,23). The molecule has 0 saturated carbocycles. The lowest BCUT2D eigenvalue weighted by Crippen LogP contribution is -2.25. The summed E-state index contributed by atoms with van der Waals surface area (Å²) in [6.07, 6.45) is 0. The third kappa shape index (κ3) is 6.64. The second-order valence-corrected chi connectivity index (χ2v) is 6.74. The van der Waals surface area contributed by atoms with Crippen LogP contribution in [0.15, 0.2) is 48.5 Å². The minimum atomic E-state index is -0.119. The largest absolute Gasteiger partial charge is 0.351 e. The summed E-state index contributed by atoms with van der Waals surface area (Å²) < 4.78 is 0. The molecule has 6 heteroatoms. The van der Waals surface area contributed by atoms with Gasteiger partial charge in [0, 0.05) is 17.3 Å². The maximum absolute atomic E-state index is 11.8. The van der Waals surface area contributed by atoms with Crippen LogP contribution < -0.4 is 10.6 Å². The first-order valence-corrected chi connectivity index (χ1v) is 9.01. The molecule has 0 bridgehead atoms. The SMILES string of the molecule is Cc1ccc(NC(=O)CSCC(=O)NCc2cccc(Cl)c2)cc1. The minimum Gasteiger partial charge on any atom is -0.351 e. The van der Waals surface area contributed by atoms with E-state index in [0.29, 0.717) is 11.6 Å². The van der Waals surface area contributed by atoms with Crippen LogP contribution in [0.25, 0.3) is 0 Å². The average Bonchev–Trinajstić information content (AvgIpc) is 2.55. The van der Waals surface area contributed by atoms with Gasteiger partial charge in [-0.1, -0.05) is 41.4 Å². The number of nitrogens with one attached hydrogen (secondary N) is 2. The van der Waals surface area contributed by atoms with Crippen molar-refractivity contribution < 1.29 is 9.59 Å². The molecule has 0 aliphatic heterocycles. The zero-order valence-electron chi connectivity index (χ0n) is 13.3. The third-order valence-corrected chi connectivity index (χ3v) is 4.35. The van der Waals surface area contributed by atoms with E-state index >= 15 is 0 Å². The minimum absolute atomic E-state index is 0.108. The van der Waals surface area contributed by atoms with Gasteiger partial charge in [-0.05, 0) is 36.8 Å². The fourth-order valence-electron chi connectivity index (χ4n) is 1.97. The number of anilines is 1. The summed E-state index contributed by atoms with van der Waals surface area (Å²) in [6, 6.07) is 14.9. The van der Waals surface area contributed by atoms with Crippen molar-refractivity contribution in [2.24, 2.45) is 0 Å². The van der Waals surface area contributed by atoms with Crippen LogP contribution in [-0.2, 0) is 16.1 Å². The molecule has 2 rings (SSSR count). The van der Waals surface area contributed by atoms with Gasteiger partial charge in [-0.3, -0.25) is 9.59 Å². The van der Waals surface area contributed by atoms with E-state index in [2.05, 4.69) is 10.6 Å². The van der Waals surface area contributed by atoms with Crippen LogP contribution in [0.4, 0.5) is 5.69 Å². The molecule has 0 atom stereocenters. The molecule has 0 heterocycles. The number of amides is 2. The van der Waals surface area contributed by atoms with Gasteiger partial charge in [0.2, 0.25) is 11.8 Å². The van der Waals surface area contributed by atoms with Gasteiger partial charge >= 0.3 is 0 Å². The van der Waals surface area contributed by atoms with Crippen LogP contribution in [0, 0.1) is 6.92 Å². The first-order valence-electron chi connectivity index (χ1n) is 7.48. The van der Waals surface area contributed by atoms with Crippen molar-refractivity contribution in [3.8, 4) is 0 Å². The molecule has 0 aromatic heterocycles. The number of benzene rings is 2. The molecule has 4 nitrogen and oxygen atoms in total. The lowest BCUT2D eigenvalue weighted by Gasteiger charge is -2.07. The predicted molar refractivity (Wildman–Crippen MR) is 100 cm³/mol. The normalized spacial score (nSPS) is 10.2.